The molecule has 0 atom stereocenters. The number of hydrogen-bond acceptors (Lipinski definition) is 7. The van der Waals surface area contributed by atoms with Crippen molar-refractivity contribution in [3.8, 4) is 0 Å². The van der Waals surface area contributed by atoms with Gasteiger partial charge in [0.25, 0.3) is 10.0 Å². The summed E-state index contributed by atoms with van der Waals surface area (Å²) in [5.41, 5.74) is 7.68. The van der Waals surface area contributed by atoms with Crippen LogP contribution in [0.4, 0.5) is 11.4 Å². The Morgan fingerprint density at radius 2 is 1.44 bits per heavy atom. The number of hydrogen-bond donors (Lipinski definition) is 3. The molecule has 0 fully saturated rings. The van der Waals surface area contributed by atoms with Crippen LogP contribution in [0.5, 0.6) is 0 Å². The fraction of sp³-hybridized carbons (Fsp3) is 0.0909. The maximum atomic E-state index is 12.9. The maximum absolute atomic E-state index is 12.9. The van der Waals surface area contributed by atoms with E-state index < -0.39 is 19.9 Å². The fourth-order valence-electron chi connectivity index (χ4n) is 3.05. The van der Waals surface area contributed by atoms with Gasteiger partial charge in [0.1, 0.15) is 4.90 Å². The standard InChI is InChI=1S/C22H21N3O5S2/c1-14(26)15-7-9-16(10-8-15)22(24)18-13-17(11-12-19(18)23)25-32(29,30)21-6-4-3-5-20(21)31(2,27)28/h3-13,24-25H,23H2,1-2H3. The van der Waals surface area contributed by atoms with E-state index in [2.05, 4.69) is 4.72 Å². The lowest BCUT2D eigenvalue weighted by Gasteiger charge is -2.14. The van der Waals surface area contributed by atoms with Gasteiger partial charge in [-0.05, 0) is 37.3 Å². The third-order valence-corrected chi connectivity index (χ3v) is 7.42. The van der Waals surface area contributed by atoms with Gasteiger partial charge in [0.05, 0.1) is 10.6 Å². The Morgan fingerprint density at radius 1 is 0.875 bits per heavy atom. The lowest BCUT2D eigenvalue weighted by atomic mass is 9.99. The van der Waals surface area contributed by atoms with Crippen LogP contribution in [-0.4, -0.2) is 34.6 Å². The molecule has 0 bridgehead atoms. The first-order chi connectivity index (χ1) is 14.9. The van der Waals surface area contributed by atoms with Crippen molar-refractivity contribution in [1.82, 2.24) is 0 Å². The molecule has 3 aromatic rings. The molecule has 0 radical (unpaired) electrons. The zero-order chi connectivity index (χ0) is 23.7. The quantitative estimate of drug-likeness (QED) is 0.274. The molecule has 0 aliphatic carbocycles. The van der Waals surface area contributed by atoms with Crippen molar-refractivity contribution >= 4 is 42.7 Å². The summed E-state index contributed by atoms with van der Waals surface area (Å²) in [6.45, 7) is 1.44. The number of nitrogens with one attached hydrogen (secondary N) is 2. The van der Waals surface area contributed by atoms with Crippen molar-refractivity contribution in [3.63, 3.8) is 0 Å². The maximum Gasteiger partial charge on any atom is 0.263 e. The Bertz CT molecular complexity index is 1430. The number of anilines is 2. The summed E-state index contributed by atoms with van der Waals surface area (Å²) in [5.74, 6) is -0.103. The molecule has 3 aromatic carbocycles. The van der Waals surface area contributed by atoms with E-state index in [0.29, 0.717) is 11.1 Å². The van der Waals surface area contributed by atoms with E-state index in [9.17, 15) is 21.6 Å². The summed E-state index contributed by atoms with van der Waals surface area (Å²) in [5, 5.41) is 8.48. The Hall–Kier alpha value is -3.50. The van der Waals surface area contributed by atoms with Crippen LogP contribution in [0, 0.1) is 5.41 Å². The van der Waals surface area contributed by atoms with Gasteiger partial charge in [-0.15, -0.1) is 0 Å². The van der Waals surface area contributed by atoms with Crippen LogP contribution >= 0.6 is 0 Å². The second-order valence-corrected chi connectivity index (χ2v) is 10.8. The van der Waals surface area contributed by atoms with E-state index in [1.807, 2.05) is 0 Å². The molecule has 0 saturated carbocycles. The Balaban J connectivity index is 1.98. The zero-order valence-corrected chi connectivity index (χ0v) is 18.9. The Labute approximate surface area is 186 Å². The van der Waals surface area contributed by atoms with Crippen molar-refractivity contribution in [2.75, 3.05) is 16.7 Å². The highest BCUT2D eigenvalue weighted by Gasteiger charge is 2.24. The average Bonchev–Trinajstić information content (AvgIpc) is 2.74. The largest absolute Gasteiger partial charge is 0.398 e. The molecule has 0 spiro atoms. The van der Waals surface area contributed by atoms with E-state index in [4.69, 9.17) is 11.1 Å². The molecule has 10 heteroatoms. The minimum absolute atomic E-state index is 0.0372. The molecule has 166 valence electrons. The SMILES string of the molecule is CC(=O)c1ccc(C(=N)c2cc(NS(=O)(=O)c3ccccc3S(C)(=O)=O)ccc2N)cc1. The third-order valence-electron chi connectivity index (χ3n) is 4.69. The van der Waals surface area contributed by atoms with Gasteiger partial charge in [0.2, 0.25) is 0 Å². The Kier molecular flexibility index (Phi) is 6.20. The van der Waals surface area contributed by atoms with Gasteiger partial charge < -0.3 is 5.73 Å². The van der Waals surface area contributed by atoms with Gasteiger partial charge >= 0.3 is 0 Å². The third kappa shape index (κ3) is 4.87. The summed E-state index contributed by atoms with van der Waals surface area (Å²) < 4.78 is 52.2. The minimum Gasteiger partial charge on any atom is -0.398 e. The van der Waals surface area contributed by atoms with E-state index >= 15 is 0 Å². The van der Waals surface area contributed by atoms with Crippen LogP contribution < -0.4 is 10.5 Å². The summed E-state index contributed by atoms with van der Waals surface area (Å²) >= 11 is 0. The lowest BCUT2D eigenvalue weighted by Crippen LogP contribution is -2.17. The van der Waals surface area contributed by atoms with Crippen molar-refractivity contribution in [3.05, 3.63) is 83.4 Å². The van der Waals surface area contributed by atoms with Crippen molar-refractivity contribution in [1.29, 1.82) is 5.41 Å². The van der Waals surface area contributed by atoms with Crippen LogP contribution in [0.2, 0.25) is 0 Å². The topological polar surface area (TPSA) is 147 Å². The van der Waals surface area contributed by atoms with E-state index in [1.54, 1.807) is 24.3 Å². The molecule has 8 nitrogen and oxygen atoms in total. The van der Waals surface area contributed by atoms with Gasteiger partial charge in [0, 0.05) is 34.3 Å². The minimum atomic E-state index is -4.24. The molecular formula is C22H21N3O5S2. The highest BCUT2D eigenvalue weighted by Crippen LogP contribution is 2.26. The van der Waals surface area contributed by atoms with Crippen molar-refractivity contribution in [2.24, 2.45) is 0 Å². The van der Waals surface area contributed by atoms with Crippen LogP contribution in [0.15, 0.2) is 76.5 Å². The number of sulfonamides is 1. The van der Waals surface area contributed by atoms with Gasteiger partial charge in [-0.25, -0.2) is 16.8 Å². The number of carbonyl (C=O) groups is 1. The fourth-order valence-corrected chi connectivity index (χ4v) is 5.73. The second kappa shape index (κ2) is 8.56. The molecule has 0 saturated heterocycles. The predicted molar refractivity (Wildman–Crippen MR) is 124 cm³/mol. The van der Waals surface area contributed by atoms with E-state index in [0.717, 1.165) is 6.26 Å². The summed E-state index contributed by atoms with van der Waals surface area (Å²) in [6.07, 6.45) is 0.932. The number of nitrogen functional groups attached to an aromatic ring is 1. The monoisotopic (exact) mass is 471 g/mol. The van der Waals surface area contributed by atoms with Gasteiger partial charge in [-0.2, -0.15) is 0 Å². The molecular weight excluding hydrogens is 450 g/mol. The Morgan fingerprint density at radius 3 is 2.00 bits per heavy atom. The van der Waals surface area contributed by atoms with Gasteiger partial charge in [-0.1, -0.05) is 36.4 Å². The normalized spacial score (nSPS) is 11.7. The molecule has 0 aromatic heterocycles. The van der Waals surface area contributed by atoms with Crippen LogP contribution in [0.25, 0.3) is 0 Å². The highest BCUT2D eigenvalue weighted by molar-refractivity contribution is 7.95. The van der Waals surface area contributed by atoms with Crippen LogP contribution in [-0.2, 0) is 19.9 Å². The highest BCUT2D eigenvalue weighted by atomic mass is 32.2. The summed E-state index contributed by atoms with van der Waals surface area (Å²) in [4.78, 5) is 10.8. The summed E-state index contributed by atoms with van der Waals surface area (Å²) in [7, 11) is -8.02. The van der Waals surface area contributed by atoms with Crippen LogP contribution in [0.3, 0.4) is 0 Å². The van der Waals surface area contributed by atoms with Gasteiger partial charge in [-0.3, -0.25) is 14.9 Å². The van der Waals surface area contributed by atoms with E-state index in [-0.39, 0.29) is 38.2 Å². The van der Waals surface area contributed by atoms with Crippen LogP contribution in [0.1, 0.15) is 28.4 Å². The number of rotatable bonds is 7. The lowest BCUT2D eigenvalue weighted by molar-refractivity contribution is 0.101. The summed E-state index contributed by atoms with van der Waals surface area (Å²) in [6, 6.07) is 16.0. The molecule has 0 unspecified atom stereocenters. The second-order valence-electron chi connectivity index (χ2n) is 7.13. The first-order valence-corrected chi connectivity index (χ1v) is 12.7. The van der Waals surface area contributed by atoms with E-state index in [1.165, 1.54) is 49.4 Å². The number of Topliss-reactive ketones (excluding diaryl/α,β-unsaturated/α-hetero) is 1. The predicted octanol–water partition coefficient (Wildman–Crippen LogP) is 3.09. The van der Waals surface area contributed by atoms with Gasteiger partial charge in [0.15, 0.2) is 15.6 Å². The zero-order valence-electron chi connectivity index (χ0n) is 17.3. The molecule has 0 aliphatic rings. The number of ketones is 1. The number of carbonyl (C=O) groups excluding carboxylic acids is 1. The number of benzene rings is 3. The molecule has 0 amide bonds. The first kappa shape index (κ1) is 23.2. The molecule has 4 N–H and O–H groups in total. The smallest absolute Gasteiger partial charge is 0.263 e. The molecule has 0 heterocycles. The number of sulfone groups is 1. The van der Waals surface area contributed by atoms with Crippen molar-refractivity contribution in [2.45, 2.75) is 16.7 Å². The first-order valence-electron chi connectivity index (χ1n) is 9.32. The molecule has 3 rings (SSSR count). The average molecular weight is 472 g/mol. The molecule has 32 heavy (non-hydrogen) atoms. The van der Waals surface area contributed by atoms with Crippen molar-refractivity contribution < 1.29 is 21.6 Å². The molecule has 0 aliphatic heterocycles. The number of nitrogens with two attached hydrogens (primary N) is 1.